The summed E-state index contributed by atoms with van der Waals surface area (Å²) in [5.74, 6) is 0.192. The van der Waals surface area contributed by atoms with E-state index in [2.05, 4.69) is 5.32 Å². The SMILES string of the molecule is Cn1c(C(=O)NCC(C)(C)CCCCl)ccc1[N+](=O)[O-]. The van der Waals surface area contributed by atoms with E-state index in [-0.39, 0.29) is 22.8 Å². The molecule has 1 heterocycles. The van der Waals surface area contributed by atoms with Crippen molar-refractivity contribution in [3.05, 3.63) is 27.9 Å². The minimum absolute atomic E-state index is 0.0539. The number of carbonyl (C=O) groups excluding carboxylic acids is 1. The Kier molecular flexibility index (Phi) is 5.56. The molecule has 0 saturated heterocycles. The van der Waals surface area contributed by atoms with E-state index in [1.165, 1.54) is 23.7 Å². The summed E-state index contributed by atoms with van der Waals surface area (Å²) in [5, 5.41) is 13.5. The highest BCUT2D eigenvalue weighted by molar-refractivity contribution is 6.17. The molecule has 0 aliphatic heterocycles. The van der Waals surface area contributed by atoms with Crippen LogP contribution in [0.5, 0.6) is 0 Å². The third-order valence-electron chi connectivity index (χ3n) is 3.23. The number of rotatable bonds is 7. The van der Waals surface area contributed by atoms with Crippen LogP contribution in [0.1, 0.15) is 37.2 Å². The summed E-state index contributed by atoms with van der Waals surface area (Å²) >= 11 is 5.66. The molecule has 0 bridgehead atoms. The summed E-state index contributed by atoms with van der Waals surface area (Å²) < 4.78 is 1.28. The molecule has 1 N–H and O–H groups in total. The molecule has 20 heavy (non-hydrogen) atoms. The van der Waals surface area contributed by atoms with Gasteiger partial charge in [-0.3, -0.25) is 4.79 Å². The van der Waals surface area contributed by atoms with Gasteiger partial charge in [0, 0.05) is 18.5 Å². The Morgan fingerprint density at radius 2 is 2.15 bits per heavy atom. The molecule has 0 radical (unpaired) electrons. The first-order chi connectivity index (χ1) is 9.28. The number of nitrogens with one attached hydrogen (secondary N) is 1. The van der Waals surface area contributed by atoms with E-state index in [4.69, 9.17) is 11.6 Å². The molecule has 1 amide bonds. The van der Waals surface area contributed by atoms with Gasteiger partial charge >= 0.3 is 5.82 Å². The molecule has 0 fully saturated rings. The molecular weight excluding hydrogens is 282 g/mol. The highest BCUT2D eigenvalue weighted by atomic mass is 35.5. The summed E-state index contributed by atoms with van der Waals surface area (Å²) in [4.78, 5) is 22.3. The van der Waals surface area contributed by atoms with E-state index in [0.717, 1.165) is 12.8 Å². The van der Waals surface area contributed by atoms with Crippen molar-refractivity contribution in [1.29, 1.82) is 0 Å². The second-order valence-corrected chi connectivity index (χ2v) is 5.91. The Bertz CT molecular complexity index is 497. The standard InChI is InChI=1S/C13H20ClN3O3/c1-13(2,7-4-8-14)9-15-12(18)10-5-6-11(16(10)3)17(19)20/h5-6H,4,7-9H2,1-3H3,(H,15,18). The van der Waals surface area contributed by atoms with Crippen molar-refractivity contribution in [2.45, 2.75) is 26.7 Å². The van der Waals surface area contributed by atoms with Gasteiger partial charge in [0.05, 0.1) is 7.05 Å². The van der Waals surface area contributed by atoms with Crippen LogP contribution in [0.2, 0.25) is 0 Å². The molecule has 112 valence electrons. The third-order valence-corrected chi connectivity index (χ3v) is 3.50. The molecule has 0 spiro atoms. The van der Waals surface area contributed by atoms with Gasteiger partial charge in [0.25, 0.3) is 5.91 Å². The van der Waals surface area contributed by atoms with Gasteiger partial charge in [-0.2, -0.15) is 0 Å². The first kappa shape index (κ1) is 16.5. The van der Waals surface area contributed by atoms with Crippen LogP contribution in [-0.2, 0) is 7.05 Å². The van der Waals surface area contributed by atoms with Gasteiger partial charge in [0.2, 0.25) is 0 Å². The summed E-state index contributed by atoms with van der Waals surface area (Å²) in [6, 6.07) is 2.78. The van der Waals surface area contributed by atoms with Crippen LogP contribution in [0.4, 0.5) is 5.82 Å². The monoisotopic (exact) mass is 301 g/mol. The normalized spacial score (nSPS) is 11.4. The smallest absolute Gasteiger partial charge is 0.323 e. The van der Waals surface area contributed by atoms with Gasteiger partial charge in [-0.1, -0.05) is 13.8 Å². The Morgan fingerprint density at radius 1 is 1.50 bits per heavy atom. The van der Waals surface area contributed by atoms with E-state index in [1.807, 2.05) is 13.8 Å². The largest absolute Gasteiger partial charge is 0.358 e. The van der Waals surface area contributed by atoms with Crippen molar-refractivity contribution in [2.75, 3.05) is 12.4 Å². The van der Waals surface area contributed by atoms with E-state index in [9.17, 15) is 14.9 Å². The maximum atomic E-state index is 12.0. The summed E-state index contributed by atoms with van der Waals surface area (Å²) in [6.07, 6.45) is 1.80. The van der Waals surface area contributed by atoms with Crippen LogP contribution in [0, 0.1) is 15.5 Å². The zero-order chi connectivity index (χ0) is 15.3. The van der Waals surface area contributed by atoms with Gasteiger partial charge < -0.3 is 15.4 Å². The maximum absolute atomic E-state index is 12.0. The Morgan fingerprint density at radius 3 is 2.65 bits per heavy atom. The van der Waals surface area contributed by atoms with Gasteiger partial charge in [0.15, 0.2) is 5.69 Å². The van der Waals surface area contributed by atoms with Crippen molar-refractivity contribution < 1.29 is 9.72 Å². The highest BCUT2D eigenvalue weighted by Crippen LogP contribution is 2.22. The first-order valence-electron chi connectivity index (χ1n) is 6.43. The average Bonchev–Trinajstić information content (AvgIpc) is 2.76. The van der Waals surface area contributed by atoms with Crippen molar-refractivity contribution >= 4 is 23.3 Å². The number of nitrogens with zero attached hydrogens (tertiary/aromatic N) is 2. The third kappa shape index (κ3) is 4.23. The molecule has 0 aliphatic carbocycles. The average molecular weight is 302 g/mol. The number of nitro groups is 1. The number of hydrogen-bond acceptors (Lipinski definition) is 3. The topological polar surface area (TPSA) is 77.2 Å². The van der Waals surface area contributed by atoms with Crippen LogP contribution in [-0.4, -0.2) is 27.8 Å². The number of halogens is 1. The molecule has 6 nitrogen and oxygen atoms in total. The Balaban J connectivity index is 2.66. The zero-order valence-corrected chi connectivity index (χ0v) is 12.7. The van der Waals surface area contributed by atoms with Crippen LogP contribution < -0.4 is 5.32 Å². The van der Waals surface area contributed by atoms with Crippen molar-refractivity contribution in [3.63, 3.8) is 0 Å². The fraction of sp³-hybridized carbons (Fsp3) is 0.615. The molecular formula is C13H20ClN3O3. The lowest BCUT2D eigenvalue weighted by Crippen LogP contribution is -2.35. The molecule has 0 atom stereocenters. The molecule has 1 aromatic rings. The molecule has 0 saturated carbocycles. The van der Waals surface area contributed by atoms with Crippen LogP contribution in [0.25, 0.3) is 0 Å². The highest BCUT2D eigenvalue weighted by Gasteiger charge is 2.23. The van der Waals surface area contributed by atoms with Crippen LogP contribution in [0.3, 0.4) is 0 Å². The maximum Gasteiger partial charge on any atom is 0.323 e. The summed E-state index contributed by atoms with van der Waals surface area (Å²) in [5.41, 5.74) is 0.228. The van der Waals surface area contributed by atoms with E-state index in [1.54, 1.807) is 0 Å². The lowest BCUT2D eigenvalue weighted by molar-refractivity contribution is -0.391. The number of carbonyl (C=O) groups is 1. The van der Waals surface area contributed by atoms with Gasteiger partial charge in [0.1, 0.15) is 0 Å². The van der Waals surface area contributed by atoms with Crippen LogP contribution in [0.15, 0.2) is 12.1 Å². The molecule has 0 aliphatic rings. The van der Waals surface area contributed by atoms with Crippen molar-refractivity contribution in [3.8, 4) is 0 Å². The minimum atomic E-state index is -0.513. The van der Waals surface area contributed by atoms with E-state index >= 15 is 0 Å². The molecule has 7 heteroatoms. The molecule has 1 rings (SSSR count). The number of amides is 1. The number of aromatic nitrogens is 1. The number of hydrogen-bond donors (Lipinski definition) is 1. The fourth-order valence-corrected chi connectivity index (χ4v) is 2.09. The van der Waals surface area contributed by atoms with Gasteiger partial charge in [-0.15, -0.1) is 11.6 Å². The Hall–Kier alpha value is -1.56. The number of alkyl halides is 1. The minimum Gasteiger partial charge on any atom is -0.358 e. The second-order valence-electron chi connectivity index (χ2n) is 5.53. The predicted octanol–water partition coefficient (Wildman–Crippen LogP) is 2.71. The van der Waals surface area contributed by atoms with Gasteiger partial charge in [-0.25, -0.2) is 4.57 Å². The lowest BCUT2D eigenvalue weighted by Gasteiger charge is -2.24. The van der Waals surface area contributed by atoms with Crippen LogP contribution >= 0.6 is 11.6 Å². The summed E-state index contributed by atoms with van der Waals surface area (Å²) in [6.45, 7) is 4.60. The fourth-order valence-electron chi connectivity index (χ4n) is 1.96. The quantitative estimate of drug-likeness (QED) is 0.478. The molecule has 0 unspecified atom stereocenters. The Labute approximate surface area is 123 Å². The van der Waals surface area contributed by atoms with Crippen molar-refractivity contribution in [2.24, 2.45) is 12.5 Å². The predicted molar refractivity (Wildman–Crippen MR) is 78.1 cm³/mol. The molecule has 0 aromatic carbocycles. The van der Waals surface area contributed by atoms with Crippen molar-refractivity contribution in [1.82, 2.24) is 9.88 Å². The zero-order valence-electron chi connectivity index (χ0n) is 12.0. The second kappa shape index (κ2) is 6.74. The van der Waals surface area contributed by atoms with Gasteiger partial charge in [-0.05, 0) is 29.2 Å². The summed E-state index contributed by atoms with van der Waals surface area (Å²) in [7, 11) is 1.51. The first-order valence-corrected chi connectivity index (χ1v) is 6.96. The van der Waals surface area contributed by atoms with E-state index in [0.29, 0.717) is 12.4 Å². The van der Waals surface area contributed by atoms with E-state index < -0.39 is 4.92 Å². The molecule has 1 aromatic heterocycles. The lowest BCUT2D eigenvalue weighted by atomic mass is 9.88.